The Morgan fingerprint density at radius 3 is 2.83 bits per heavy atom. The smallest absolute Gasteiger partial charge is 0.407 e. The molecule has 0 fully saturated rings. The summed E-state index contributed by atoms with van der Waals surface area (Å²) in [7, 11) is 0. The van der Waals surface area contributed by atoms with Gasteiger partial charge < -0.3 is 14.5 Å². The fourth-order valence-electron chi connectivity index (χ4n) is 1.43. The lowest BCUT2D eigenvalue weighted by molar-refractivity contribution is 0.139. The maximum absolute atomic E-state index is 11.4. The fourth-order valence-corrected chi connectivity index (χ4v) is 1.43. The van der Waals surface area contributed by atoms with Crippen LogP contribution < -0.4 is 5.32 Å². The molecule has 0 aliphatic rings. The van der Waals surface area contributed by atoms with E-state index in [9.17, 15) is 4.79 Å². The van der Waals surface area contributed by atoms with E-state index in [1.54, 1.807) is 6.92 Å². The van der Waals surface area contributed by atoms with Gasteiger partial charge in [-0.2, -0.15) is 0 Å². The minimum atomic E-state index is -0.471. The van der Waals surface area contributed by atoms with Crippen LogP contribution in [0.5, 0.6) is 0 Å². The van der Waals surface area contributed by atoms with Gasteiger partial charge in [-0.15, -0.1) is 0 Å². The number of carbonyl (C=O) groups excluding carboxylic acids is 1. The lowest BCUT2D eigenvalue weighted by Gasteiger charge is -2.05. The van der Waals surface area contributed by atoms with Crippen LogP contribution in [0.3, 0.4) is 0 Å². The number of aromatic nitrogens is 1. The van der Waals surface area contributed by atoms with Gasteiger partial charge in [0.2, 0.25) is 0 Å². The first-order chi connectivity index (χ1) is 8.75. The third kappa shape index (κ3) is 3.35. The molecule has 5 heteroatoms. The van der Waals surface area contributed by atoms with E-state index in [-0.39, 0.29) is 6.61 Å². The van der Waals surface area contributed by atoms with Gasteiger partial charge in [0.15, 0.2) is 6.39 Å². The van der Waals surface area contributed by atoms with E-state index >= 15 is 0 Å². The number of nitrogens with zero attached hydrogens (tertiary/aromatic N) is 1. The highest BCUT2D eigenvalue weighted by Crippen LogP contribution is 2.04. The molecule has 1 aromatic carbocycles. The molecular weight excluding hydrogens is 232 g/mol. The largest absolute Gasteiger partial charge is 0.448 e. The normalized spacial score (nSPS) is 10.1. The monoisotopic (exact) mass is 246 g/mol. The van der Waals surface area contributed by atoms with Crippen LogP contribution in [-0.2, 0) is 17.9 Å². The van der Waals surface area contributed by atoms with Gasteiger partial charge in [-0.25, -0.2) is 9.78 Å². The number of aryl methyl sites for hydroxylation is 1. The second-order valence-corrected chi connectivity index (χ2v) is 3.77. The zero-order chi connectivity index (χ0) is 12.8. The molecule has 1 amide bonds. The number of amides is 1. The van der Waals surface area contributed by atoms with Gasteiger partial charge in [-0.05, 0) is 12.5 Å². The van der Waals surface area contributed by atoms with Gasteiger partial charge in [-0.1, -0.05) is 30.3 Å². The van der Waals surface area contributed by atoms with Crippen molar-refractivity contribution in [1.29, 1.82) is 0 Å². The van der Waals surface area contributed by atoms with Crippen LogP contribution in [0.2, 0.25) is 0 Å². The fraction of sp³-hybridized carbons (Fsp3) is 0.231. The van der Waals surface area contributed by atoms with Crippen molar-refractivity contribution in [3.63, 3.8) is 0 Å². The number of carbonyl (C=O) groups is 1. The summed E-state index contributed by atoms with van der Waals surface area (Å²) in [6, 6.07) is 9.51. The third-order valence-electron chi connectivity index (χ3n) is 2.46. The summed E-state index contributed by atoms with van der Waals surface area (Å²) in [6.45, 7) is 2.35. The highest BCUT2D eigenvalue weighted by Gasteiger charge is 2.06. The summed E-state index contributed by atoms with van der Waals surface area (Å²) in [5.74, 6) is 0.693. The Morgan fingerprint density at radius 1 is 1.39 bits per heavy atom. The molecule has 2 aromatic rings. The SMILES string of the molecule is Cc1ocnc1CNC(=O)OCc1ccccc1. The van der Waals surface area contributed by atoms with E-state index in [1.165, 1.54) is 6.39 Å². The zero-order valence-electron chi connectivity index (χ0n) is 10.1. The van der Waals surface area contributed by atoms with Gasteiger partial charge in [0.05, 0.1) is 6.54 Å². The van der Waals surface area contributed by atoms with E-state index in [2.05, 4.69) is 10.3 Å². The minimum absolute atomic E-state index is 0.254. The third-order valence-corrected chi connectivity index (χ3v) is 2.46. The summed E-state index contributed by atoms with van der Waals surface area (Å²) in [6.07, 6.45) is 0.878. The van der Waals surface area contributed by atoms with Crippen molar-refractivity contribution < 1.29 is 13.9 Å². The van der Waals surface area contributed by atoms with Gasteiger partial charge >= 0.3 is 6.09 Å². The first-order valence-corrected chi connectivity index (χ1v) is 5.59. The van der Waals surface area contributed by atoms with E-state index < -0.39 is 6.09 Å². The topological polar surface area (TPSA) is 64.4 Å². The maximum Gasteiger partial charge on any atom is 0.407 e. The zero-order valence-corrected chi connectivity index (χ0v) is 10.1. The van der Waals surface area contributed by atoms with Crippen LogP contribution in [0.4, 0.5) is 4.79 Å². The molecule has 0 aliphatic carbocycles. The van der Waals surface area contributed by atoms with Crippen molar-refractivity contribution in [3.8, 4) is 0 Å². The summed E-state index contributed by atoms with van der Waals surface area (Å²) in [4.78, 5) is 15.4. The molecule has 1 aromatic heterocycles. The van der Waals surface area contributed by atoms with Crippen molar-refractivity contribution >= 4 is 6.09 Å². The Balaban J connectivity index is 1.75. The van der Waals surface area contributed by atoms with Crippen molar-refractivity contribution in [2.24, 2.45) is 0 Å². The molecule has 5 nitrogen and oxygen atoms in total. The molecule has 0 radical (unpaired) electrons. The average Bonchev–Trinajstić information content (AvgIpc) is 2.81. The van der Waals surface area contributed by atoms with Crippen molar-refractivity contribution in [1.82, 2.24) is 10.3 Å². The number of oxazole rings is 1. The van der Waals surface area contributed by atoms with Crippen molar-refractivity contribution in [3.05, 3.63) is 53.7 Å². The molecule has 2 rings (SSSR count). The summed E-state index contributed by atoms with van der Waals surface area (Å²) < 4.78 is 10.1. The molecular formula is C13H14N2O3. The predicted molar refractivity (Wildman–Crippen MR) is 64.7 cm³/mol. The Kier molecular flexibility index (Phi) is 3.96. The standard InChI is InChI=1S/C13H14N2O3/c1-10-12(15-9-18-10)7-14-13(16)17-8-11-5-3-2-4-6-11/h2-6,9H,7-8H2,1H3,(H,14,16). The molecule has 94 valence electrons. The molecule has 0 saturated heterocycles. The van der Waals surface area contributed by atoms with Crippen LogP contribution in [0.1, 0.15) is 17.0 Å². The Morgan fingerprint density at radius 2 is 2.17 bits per heavy atom. The van der Waals surface area contributed by atoms with Gasteiger partial charge in [0, 0.05) is 0 Å². The summed E-state index contributed by atoms with van der Waals surface area (Å²) in [5.41, 5.74) is 1.65. The minimum Gasteiger partial charge on any atom is -0.448 e. The number of rotatable bonds is 4. The highest BCUT2D eigenvalue weighted by atomic mass is 16.5. The van der Waals surface area contributed by atoms with Gasteiger partial charge in [0.25, 0.3) is 0 Å². The maximum atomic E-state index is 11.4. The lowest BCUT2D eigenvalue weighted by atomic mass is 10.2. The van der Waals surface area contributed by atoms with Crippen LogP contribution in [-0.4, -0.2) is 11.1 Å². The molecule has 0 bridgehead atoms. The van der Waals surface area contributed by atoms with Crippen LogP contribution in [0.15, 0.2) is 41.1 Å². The first-order valence-electron chi connectivity index (χ1n) is 5.59. The van der Waals surface area contributed by atoms with Crippen molar-refractivity contribution in [2.45, 2.75) is 20.1 Å². The van der Waals surface area contributed by atoms with Crippen LogP contribution >= 0.6 is 0 Å². The number of benzene rings is 1. The summed E-state index contributed by atoms with van der Waals surface area (Å²) >= 11 is 0. The van der Waals surface area contributed by atoms with Gasteiger partial charge in [0.1, 0.15) is 18.1 Å². The molecule has 0 saturated carbocycles. The Labute approximate surface area is 105 Å². The molecule has 0 unspecified atom stereocenters. The van der Waals surface area contributed by atoms with Gasteiger partial charge in [-0.3, -0.25) is 0 Å². The predicted octanol–water partition coefficient (Wildman–Crippen LogP) is 2.41. The molecule has 0 spiro atoms. The van der Waals surface area contributed by atoms with E-state index in [0.29, 0.717) is 18.0 Å². The number of hydrogen-bond acceptors (Lipinski definition) is 4. The quantitative estimate of drug-likeness (QED) is 0.899. The highest BCUT2D eigenvalue weighted by molar-refractivity contribution is 5.67. The molecule has 1 heterocycles. The lowest BCUT2D eigenvalue weighted by Crippen LogP contribution is -2.24. The van der Waals surface area contributed by atoms with Crippen LogP contribution in [0.25, 0.3) is 0 Å². The average molecular weight is 246 g/mol. The first kappa shape index (κ1) is 12.2. The number of nitrogens with one attached hydrogen (secondary N) is 1. The molecule has 0 atom stereocenters. The number of hydrogen-bond donors (Lipinski definition) is 1. The second-order valence-electron chi connectivity index (χ2n) is 3.77. The Bertz CT molecular complexity index is 508. The molecule has 0 aliphatic heterocycles. The number of alkyl carbamates (subject to hydrolysis) is 1. The summed E-state index contributed by atoms with van der Waals surface area (Å²) in [5, 5.41) is 2.61. The van der Waals surface area contributed by atoms with E-state index in [1.807, 2.05) is 30.3 Å². The molecule has 1 N–H and O–H groups in total. The van der Waals surface area contributed by atoms with Crippen LogP contribution in [0, 0.1) is 6.92 Å². The Hall–Kier alpha value is -2.30. The van der Waals surface area contributed by atoms with Crippen molar-refractivity contribution in [2.75, 3.05) is 0 Å². The number of ether oxygens (including phenoxy) is 1. The van der Waals surface area contributed by atoms with E-state index in [0.717, 1.165) is 5.56 Å². The molecule has 18 heavy (non-hydrogen) atoms. The van der Waals surface area contributed by atoms with E-state index in [4.69, 9.17) is 9.15 Å². The second kappa shape index (κ2) is 5.86.